The molecule has 1 aromatic carbocycles. The van der Waals surface area contributed by atoms with Gasteiger partial charge in [0.25, 0.3) is 11.7 Å². The Morgan fingerprint density at radius 2 is 2.11 bits per heavy atom. The van der Waals surface area contributed by atoms with E-state index in [1.165, 1.54) is 19.1 Å². The van der Waals surface area contributed by atoms with Crippen molar-refractivity contribution in [3.8, 4) is 0 Å². The lowest BCUT2D eigenvalue weighted by atomic mass is 10.1. The lowest BCUT2D eigenvalue weighted by Gasteiger charge is -2.23. The molecule has 1 amide bonds. The van der Waals surface area contributed by atoms with Crippen LogP contribution in [0.1, 0.15) is 23.7 Å². The van der Waals surface area contributed by atoms with Crippen LogP contribution in [0.25, 0.3) is 0 Å². The van der Waals surface area contributed by atoms with Crippen molar-refractivity contribution in [2.75, 3.05) is 4.90 Å². The van der Waals surface area contributed by atoms with E-state index >= 15 is 0 Å². The van der Waals surface area contributed by atoms with Crippen LogP contribution >= 0.6 is 0 Å². The van der Waals surface area contributed by atoms with Crippen LogP contribution in [-0.4, -0.2) is 28.8 Å². The van der Waals surface area contributed by atoms with E-state index in [2.05, 4.69) is 0 Å². The highest BCUT2D eigenvalue weighted by atomic mass is 19.1. The smallest absolute Gasteiger partial charge is 0.305 e. The highest BCUT2D eigenvalue weighted by Crippen LogP contribution is 2.33. The van der Waals surface area contributed by atoms with Crippen molar-refractivity contribution < 1.29 is 23.9 Å². The number of carbonyl (C=O) groups is 3. The Morgan fingerprint density at radius 1 is 1.44 bits per heavy atom. The van der Waals surface area contributed by atoms with Gasteiger partial charge >= 0.3 is 5.97 Å². The molecular formula is C12H10FNO4. The largest absolute Gasteiger partial charge is 0.481 e. The third kappa shape index (κ3) is 1.75. The van der Waals surface area contributed by atoms with E-state index < -0.39 is 29.5 Å². The third-order valence-electron chi connectivity index (χ3n) is 2.80. The molecule has 0 spiro atoms. The van der Waals surface area contributed by atoms with Crippen molar-refractivity contribution in [3.05, 3.63) is 29.6 Å². The second kappa shape index (κ2) is 4.21. The maximum absolute atomic E-state index is 13.7. The number of para-hydroxylation sites is 1. The molecule has 0 bridgehead atoms. The number of hydrogen-bond acceptors (Lipinski definition) is 3. The van der Waals surface area contributed by atoms with E-state index in [9.17, 15) is 18.8 Å². The molecule has 1 atom stereocenters. The number of rotatable bonds is 3. The van der Waals surface area contributed by atoms with Gasteiger partial charge in [-0.05, 0) is 19.1 Å². The van der Waals surface area contributed by atoms with Crippen LogP contribution in [-0.2, 0) is 9.59 Å². The summed E-state index contributed by atoms with van der Waals surface area (Å²) in [6, 6.07) is 3.04. The first-order chi connectivity index (χ1) is 8.43. The first-order valence-corrected chi connectivity index (χ1v) is 5.31. The first kappa shape index (κ1) is 12.2. The third-order valence-corrected chi connectivity index (χ3v) is 2.80. The van der Waals surface area contributed by atoms with Crippen LogP contribution in [0.5, 0.6) is 0 Å². The maximum Gasteiger partial charge on any atom is 0.305 e. The molecule has 1 N–H and O–H groups in total. The Labute approximate surface area is 102 Å². The van der Waals surface area contributed by atoms with E-state index in [1.54, 1.807) is 0 Å². The molecule has 1 aromatic rings. The van der Waals surface area contributed by atoms with E-state index in [1.807, 2.05) is 0 Å². The number of aliphatic carboxylic acids is 1. The number of nitrogens with zero attached hydrogens (tertiary/aromatic N) is 1. The minimum Gasteiger partial charge on any atom is -0.481 e. The summed E-state index contributed by atoms with van der Waals surface area (Å²) in [5.41, 5.74) is -0.140. The normalized spacial score (nSPS) is 15.8. The topological polar surface area (TPSA) is 74.7 Å². The number of carbonyl (C=O) groups excluding carboxylic acids is 2. The van der Waals surface area contributed by atoms with Crippen LogP contribution in [0, 0.1) is 5.82 Å². The number of fused-ring (bicyclic) bond motifs is 1. The molecule has 2 rings (SSSR count). The highest BCUT2D eigenvalue weighted by Gasteiger charge is 2.40. The minimum absolute atomic E-state index is 0.0164. The Kier molecular flexibility index (Phi) is 2.86. The SMILES string of the molecule is CC(CC(=O)O)N1C(=O)C(=O)c2cccc(F)c21. The maximum atomic E-state index is 13.7. The summed E-state index contributed by atoms with van der Waals surface area (Å²) in [6.07, 6.45) is -0.354. The molecule has 0 saturated carbocycles. The van der Waals surface area contributed by atoms with Gasteiger partial charge in [0.15, 0.2) is 0 Å². The number of amides is 1. The molecule has 0 fully saturated rings. The number of halogens is 1. The number of anilines is 1. The summed E-state index contributed by atoms with van der Waals surface area (Å²) >= 11 is 0. The van der Waals surface area contributed by atoms with Gasteiger partial charge in [-0.3, -0.25) is 19.3 Å². The molecule has 18 heavy (non-hydrogen) atoms. The molecule has 1 heterocycles. The van der Waals surface area contributed by atoms with Crippen molar-refractivity contribution in [3.63, 3.8) is 0 Å². The van der Waals surface area contributed by atoms with Crippen LogP contribution in [0.2, 0.25) is 0 Å². The van der Waals surface area contributed by atoms with Crippen molar-refractivity contribution in [1.82, 2.24) is 0 Å². The summed E-state index contributed by atoms with van der Waals surface area (Å²) < 4.78 is 13.7. The molecule has 0 aromatic heterocycles. The highest BCUT2D eigenvalue weighted by molar-refractivity contribution is 6.52. The number of hydrogen-bond donors (Lipinski definition) is 1. The number of carboxylic acid groups (broad SMARTS) is 1. The monoisotopic (exact) mass is 251 g/mol. The molecule has 0 aliphatic carbocycles. The average Bonchev–Trinajstić information content (AvgIpc) is 2.53. The van der Waals surface area contributed by atoms with Crippen molar-refractivity contribution in [1.29, 1.82) is 0 Å². The molecular weight excluding hydrogens is 241 g/mol. The second-order valence-corrected chi connectivity index (χ2v) is 4.09. The Balaban J connectivity index is 2.48. The fourth-order valence-corrected chi connectivity index (χ4v) is 2.03. The molecule has 0 radical (unpaired) electrons. The number of benzene rings is 1. The number of carboxylic acids is 1. The van der Waals surface area contributed by atoms with E-state index in [-0.39, 0.29) is 17.7 Å². The van der Waals surface area contributed by atoms with Gasteiger partial charge in [0.05, 0.1) is 17.7 Å². The minimum atomic E-state index is -1.12. The lowest BCUT2D eigenvalue weighted by Crippen LogP contribution is -2.39. The van der Waals surface area contributed by atoms with Gasteiger partial charge in [-0.1, -0.05) is 6.07 Å². The van der Waals surface area contributed by atoms with Gasteiger partial charge in [0.1, 0.15) is 5.82 Å². The molecule has 94 valence electrons. The molecule has 0 saturated heterocycles. The molecule has 1 aliphatic heterocycles. The molecule has 1 aliphatic rings. The first-order valence-electron chi connectivity index (χ1n) is 5.31. The van der Waals surface area contributed by atoms with Gasteiger partial charge in [-0.15, -0.1) is 0 Å². The van der Waals surface area contributed by atoms with Crippen molar-refractivity contribution >= 4 is 23.3 Å². The van der Waals surface area contributed by atoms with Crippen LogP contribution < -0.4 is 4.90 Å². The summed E-state index contributed by atoms with van der Waals surface area (Å²) in [5, 5.41) is 8.70. The zero-order chi connectivity index (χ0) is 13.4. The zero-order valence-electron chi connectivity index (χ0n) is 9.51. The lowest BCUT2D eigenvalue weighted by molar-refractivity contribution is -0.137. The fourth-order valence-electron chi connectivity index (χ4n) is 2.03. The number of Topliss-reactive ketones (excluding diaryl/α,β-unsaturated/α-hetero) is 1. The number of ketones is 1. The Bertz CT molecular complexity index is 555. The van der Waals surface area contributed by atoms with Crippen LogP contribution in [0.3, 0.4) is 0 Å². The van der Waals surface area contributed by atoms with Gasteiger partial charge in [0.2, 0.25) is 0 Å². The van der Waals surface area contributed by atoms with E-state index in [0.717, 1.165) is 11.0 Å². The quantitative estimate of drug-likeness (QED) is 0.819. The van der Waals surface area contributed by atoms with Gasteiger partial charge in [-0.2, -0.15) is 0 Å². The van der Waals surface area contributed by atoms with E-state index in [4.69, 9.17) is 5.11 Å². The van der Waals surface area contributed by atoms with E-state index in [0.29, 0.717) is 0 Å². The second-order valence-electron chi connectivity index (χ2n) is 4.09. The Hall–Kier alpha value is -2.24. The average molecular weight is 251 g/mol. The predicted octanol–water partition coefficient (Wildman–Crippen LogP) is 1.22. The van der Waals surface area contributed by atoms with Crippen molar-refractivity contribution in [2.24, 2.45) is 0 Å². The summed E-state index contributed by atoms with van der Waals surface area (Å²) in [4.78, 5) is 35.0. The van der Waals surface area contributed by atoms with Gasteiger partial charge < -0.3 is 5.11 Å². The predicted molar refractivity (Wildman–Crippen MR) is 59.9 cm³/mol. The van der Waals surface area contributed by atoms with Gasteiger partial charge in [-0.25, -0.2) is 4.39 Å². The summed E-state index contributed by atoms with van der Waals surface area (Å²) in [6.45, 7) is 1.46. The summed E-state index contributed by atoms with van der Waals surface area (Å²) in [7, 11) is 0. The zero-order valence-corrected chi connectivity index (χ0v) is 9.51. The standard InChI is InChI=1S/C12H10FNO4/c1-6(5-9(15)16)14-10-7(11(17)12(14)18)3-2-4-8(10)13/h2-4,6H,5H2,1H3,(H,15,16). The molecule has 6 heteroatoms. The van der Waals surface area contributed by atoms with Gasteiger partial charge in [0, 0.05) is 6.04 Å². The fraction of sp³-hybridized carbons (Fsp3) is 0.250. The molecule has 1 unspecified atom stereocenters. The summed E-state index contributed by atoms with van der Waals surface area (Å²) in [5.74, 6) is -3.51. The Morgan fingerprint density at radius 3 is 2.72 bits per heavy atom. The van der Waals surface area contributed by atoms with Crippen LogP contribution in [0.4, 0.5) is 10.1 Å². The van der Waals surface area contributed by atoms with Crippen LogP contribution in [0.15, 0.2) is 18.2 Å². The van der Waals surface area contributed by atoms with Crippen molar-refractivity contribution in [2.45, 2.75) is 19.4 Å². The molecule has 5 nitrogen and oxygen atoms in total.